The predicted octanol–water partition coefficient (Wildman–Crippen LogP) is 2.89. The van der Waals surface area contributed by atoms with E-state index in [1.165, 1.54) is 11.3 Å². The van der Waals surface area contributed by atoms with Gasteiger partial charge >= 0.3 is 6.03 Å². The van der Waals surface area contributed by atoms with E-state index in [2.05, 4.69) is 40.1 Å². The first kappa shape index (κ1) is 20.3. The van der Waals surface area contributed by atoms with Crippen LogP contribution in [-0.2, 0) is 17.6 Å². The number of hydrogen-bond acceptors (Lipinski definition) is 5. The number of benzene rings is 1. The zero-order valence-electron chi connectivity index (χ0n) is 17.2. The molecule has 158 valence electrons. The maximum absolute atomic E-state index is 12.4. The van der Waals surface area contributed by atoms with Crippen LogP contribution in [0.15, 0.2) is 29.6 Å². The van der Waals surface area contributed by atoms with Crippen molar-refractivity contribution in [3.8, 4) is 0 Å². The molecule has 1 aliphatic rings. The molecular weight excluding hydrogens is 400 g/mol. The SMILES string of the molecule is CC(C)n1c(CCNC(=O)Cc2csc(N3CCCNC3=O)n2)nc2ccccc21. The van der Waals surface area contributed by atoms with E-state index < -0.39 is 0 Å². The Labute approximate surface area is 179 Å². The fraction of sp³-hybridized carbons (Fsp3) is 0.429. The number of carbonyl (C=O) groups is 2. The summed E-state index contributed by atoms with van der Waals surface area (Å²) >= 11 is 1.39. The molecule has 2 N–H and O–H groups in total. The van der Waals surface area contributed by atoms with Crippen LogP contribution in [0.4, 0.5) is 9.93 Å². The number of nitrogens with one attached hydrogen (secondary N) is 2. The van der Waals surface area contributed by atoms with Gasteiger partial charge in [0.15, 0.2) is 5.13 Å². The highest BCUT2D eigenvalue weighted by Crippen LogP contribution is 2.23. The van der Waals surface area contributed by atoms with Crippen molar-refractivity contribution in [3.63, 3.8) is 0 Å². The van der Waals surface area contributed by atoms with Gasteiger partial charge in [0.1, 0.15) is 5.82 Å². The van der Waals surface area contributed by atoms with Crippen molar-refractivity contribution in [2.24, 2.45) is 0 Å². The van der Waals surface area contributed by atoms with Crippen molar-refractivity contribution in [1.29, 1.82) is 0 Å². The standard InChI is InChI=1S/C21H26N6O2S/c1-14(2)27-17-7-4-3-6-16(17)25-18(27)8-10-22-19(28)12-15-13-30-21(24-15)26-11-5-9-23-20(26)29/h3-4,6-7,13-14H,5,8-12H2,1-2H3,(H,22,28)(H,23,29). The maximum atomic E-state index is 12.4. The lowest BCUT2D eigenvalue weighted by atomic mass is 10.3. The van der Waals surface area contributed by atoms with Gasteiger partial charge < -0.3 is 15.2 Å². The molecule has 0 aliphatic carbocycles. The Hall–Kier alpha value is -2.94. The smallest absolute Gasteiger partial charge is 0.323 e. The number of thiazole rings is 1. The Balaban J connectivity index is 1.33. The van der Waals surface area contributed by atoms with Crippen LogP contribution in [0.3, 0.4) is 0 Å². The molecule has 2 aromatic heterocycles. The van der Waals surface area contributed by atoms with Crippen molar-refractivity contribution in [2.75, 3.05) is 24.5 Å². The zero-order valence-corrected chi connectivity index (χ0v) is 18.0. The van der Waals surface area contributed by atoms with E-state index >= 15 is 0 Å². The minimum atomic E-state index is -0.125. The molecule has 0 unspecified atom stereocenters. The summed E-state index contributed by atoms with van der Waals surface area (Å²) in [6.07, 6.45) is 1.75. The number of urea groups is 1. The monoisotopic (exact) mass is 426 g/mol. The highest BCUT2D eigenvalue weighted by Gasteiger charge is 2.22. The predicted molar refractivity (Wildman–Crippen MR) is 118 cm³/mol. The molecule has 9 heteroatoms. The molecule has 1 fully saturated rings. The third kappa shape index (κ3) is 4.30. The minimum absolute atomic E-state index is 0.0813. The Kier molecular flexibility index (Phi) is 5.98. The fourth-order valence-corrected chi connectivity index (χ4v) is 4.55. The van der Waals surface area contributed by atoms with Crippen LogP contribution >= 0.6 is 11.3 Å². The molecule has 3 heterocycles. The summed E-state index contributed by atoms with van der Waals surface area (Å²) in [6.45, 7) is 6.14. The molecule has 1 aromatic carbocycles. The van der Waals surface area contributed by atoms with Gasteiger partial charge in [0.25, 0.3) is 0 Å². The average Bonchev–Trinajstić information content (AvgIpc) is 3.32. The number of carbonyl (C=O) groups excluding carboxylic acids is 2. The first-order valence-corrected chi connectivity index (χ1v) is 11.1. The largest absolute Gasteiger partial charge is 0.355 e. The van der Waals surface area contributed by atoms with Gasteiger partial charge in [0.2, 0.25) is 5.91 Å². The second-order valence-corrected chi connectivity index (χ2v) is 8.45. The van der Waals surface area contributed by atoms with Crippen LogP contribution in [0.5, 0.6) is 0 Å². The Morgan fingerprint density at radius 1 is 1.30 bits per heavy atom. The van der Waals surface area contributed by atoms with Gasteiger partial charge in [-0.1, -0.05) is 12.1 Å². The van der Waals surface area contributed by atoms with Crippen molar-refractivity contribution < 1.29 is 9.59 Å². The molecule has 8 nitrogen and oxygen atoms in total. The number of imidazole rings is 1. The summed E-state index contributed by atoms with van der Waals surface area (Å²) in [7, 11) is 0. The van der Waals surface area contributed by atoms with Crippen LogP contribution in [0.1, 0.15) is 37.8 Å². The molecule has 1 aliphatic heterocycles. The summed E-state index contributed by atoms with van der Waals surface area (Å²) in [6, 6.07) is 8.26. The molecule has 0 saturated carbocycles. The van der Waals surface area contributed by atoms with Crippen LogP contribution in [0, 0.1) is 0 Å². The number of para-hydroxylation sites is 2. The molecule has 4 rings (SSSR count). The number of hydrogen-bond donors (Lipinski definition) is 2. The van der Waals surface area contributed by atoms with E-state index in [1.807, 2.05) is 23.6 Å². The first-order valence-electron chi connectivity index (χ1n) is 10.2. The summed E-state index contributed by atoms with van der Waals surface area (Å²) in [5.74, 6) is 0.890. The van der Waals surface area contributed by atoms with Crippen molar-refractivity contribution in [3.05, 3.63) is 41.2 Å². The van der Waals surface area contributed by atoms with Gasteiger partial charge in [-0.05, 0) is 32.4 Å². The van der Waals surface area contributed by atoms with Gasteiger partial charge in [-0.15, -0.1) is 11.3 Å². The molecule has 30 heavy (non-hydrogen) atoms. The van der Waals surface area contributed by atoms with Gasteiger partial charge in [0, 0.05) is 37.5 Å². The molecule has 0 atom stereocenters. The number of amides is 3. The molecule has 0 bridgehead atoms. The van der Waals surface area contributed by atoms with Crippen LogP contribution in [0.2, 0.25) is 0 Å². The summed E-state index contributed by atoms with van der Waals surface area (Å²) in [5.41, 5.74) is 2.77. The summed E-state index contributed by atoms with van der Waals surface area (Å²) < 4.78 is 2.22. The molecule has 3 amide bonds. The second kappa shape index (κ2) is 8.83. The Morgan fingerprint density at radius 2 is 2.13 bits per heavy atom. The van der Waals surface area contributed by atoms with E-state index in [0.29, 0.717) is 42.9 Å². The van der Waals surface area contributed by atoms with Crippen LogP contribution in [0.25, 0.3) is 11.0 Å². The maximum Gasteiger partial charge on any atom is 0.323 e. The molecule has 1 saturated heterocycles. The van der Waals surface area contributed by atoms with Gasteiger partial charge in [0.05, 0.1) is 23.1 Å². The number of nitrogens with zero attached hydrogens (tertiary/aromatic N) is 4. The van der Waals surface area contributed by atoms with E-state index in [4.69, 9.17) is 4.98 Å². The Bertz CT molecular complexity index is 1060. The number of fused-ring (bicyclic) bond motifs is 1. The number of aromatic nitrogens is 3. The second-order valence-electron chi connectivity index (χ2n) is 7.62. The third-order valence-electron chi connectivity index (χ3n) is 5.05. The lowest BCUT2D eigenvalue weighted by molar-refractivity contribution is -0.120. The molecule has 3 aromatic rings. The zero-order chi connectivity index (χ0) is 21.1. The Morgan fingerprint density at radius 3 is 2.93 bits per heavy atom. The van der Waals surface area contributed by atoms with Gasteiger partial charge in [-0.25, -0.2) is 14.8 Å². The van der Waals surface area contributed by atoms with Crippen molar-refractivity contribution in [2.45, 2.75) is 39.2 Å². The van der Waals surface area contributed by atoms with E-state index in [1.54, 1.807) is 4.90 Å². The topological polar surface area (TPSA) is 92.2 Å². The quantitative estimate of drug-likeness (QED) is 0.608. The van der Waals surface area contributed by atoms with E-state index in [9.17, 15) is 9.59 Å². The lowest BCUT2D eigenvalue weighted by Gasteiger charge is -2.24. The summed E-state index contributed by atoms with van der Waals surface area (Å²) in [5, 5.41) is 8.26. The highest BCUT2D eigenvalue weighted by atomic mass is 32.1. The van der Waals surface area contributed by atoms with Gasteiger partial charge in [-0.2, -0.15) is 0 Å². The molecular formula is C21H26N6O2S. The van der Waals surface area contributed by atoms with E-state index in [0.717, 1.165) is 23.3 Å². The van der Waals surface area contributed by atoms with E-state index in [-0.39, 0.29) is 18.4 Å². The fourth-order valence-electron chi connectivity index (χ4n) is 3.70. The van der Waals surface area contributed by atoms with Gasteiger partial charge in [-0.3, -0.25) is 9.69 Å². The summed E-state index contributed by atoms with van der Waals surface area (Å²) in [4.78, 5) is 35.1. The normalized spacial score (nSPS) is 14.4. The van der Waals surface area contributed by atoms with Crippen molar-refractivity contribution in [1.82, 2.24) is 25.2 Å². The van der Waals surface area contributed by atoms with Crippen LogP contribution < -0.4 is 15.5 Å². The highest BCUT2D eigenvalue weighted by molar-refractivity contribution is 7.14. The number of rotatable bonds is 7. The molecule has 0 radical (unpaired) electrons. The van der Waals surface area contributed by atoms with Crippen molar-refractivity contribution >= 4 is 39.4 Å². The third-order valence-corrected chi connectivity index (χ3v) is 5.96. The minimum Gasteiger partial charge on any atom is -0.355 e. The first-order chi connectivity index (χ1) is 14.5. The molecule has 0 spiro atoms. The lowest BCUT2D eigenvalue weighted by Crippen LogP contribution is -2.46. The number of anilines is 1. The van der Waals surface area contributed by atoms with Crippen LogP contribution in [-0.4, -0.2) is 46.1 Å². The average molecular weight is 427 g/mol.